The molecule has 2 N–H and O–H groups in total. The standard InChI is InChI=1S/C7H15NO/c1-6(2,3)7(4,8)5-9/h5H,8H2,1-4H3. The van der Waals surface area contributed by atoms with Gasteiger partial charge < -0.3 is 10.5 Å². The van der Waals surface area contributed by atoms with Crippen molar-refractivity contribution >= 4 is 6.29 Å². The lowest BCUT2D eigenvalue weighted by atomic mass is 9.77. The monoisotopic (exact) mass is 129 g/mol. The Labute approximate surface area is 56.4 Å². The van der Waals surface area contributed by atoms with E-state index in [1.807, 2.05) is 20.8 Å². The topological polar surface area (TPSA) is 43.1 Å². The number of carbonyl (C=O) groups excluding carboxylic acids is 1. The number of carbonyl (C=O) groups is 1. The molecule has 0 aliphatic carbocycles. The summed E-state index contributed by atoms with van der Waals surface area (Å²) >= 11 is 0. The Bertz CT molecular complexity index is 111. The van der Waals surface area contributed by atoms with Gasteiger partial charge >= 0.3 is 0 Å². The Kier molecular flexibility index (Phi) is 2.02. The van der Waals surface area contributed by atoms with Crippen molar-refractivity contribution in [3.8, 4) is 0 Å². The van der Waals surface area contributed by atoms with E-state index >= 15 is 0 Å². The molecule has 2 heteroatoms. The van der Waals surface area contributed by atoms with Crippen molar-refractivity contribution in [2.75, 3.05) is 0 Å². The van der Waals surface area contributed by atoms with Crippen LogP contribution in [-0.4, -0.2) is 11.8 Å². The SMILES string of the molecule is CC(C)(C)C(C)(N)C=O. The van der Waals surface area contributed by atoms with Crippen molar-refractivity contribution in [1.29, 1.82) is 0 Å². The van der Waals surface area contributed by atoms with Crippen LogP contribution in [0.5, 0.6) is 0 Å². The van der Waals surface area contributed by atoms with Crippen LogP contribution in [0.25, 0.3) is 0 Å². The molecule has 0 spiro atoms. The summed E-state index contributed by atoms with van der Waals surface area (Å²) in [6, 6.07) is 0. The van der Waals surface area contributed by atoms with E-state index in [0.29, 0.717) is 0 Å². The van der Waals surface area contributed by atoms with Crippen molar-refractivity contribution in [3.63, 3.8) is 0 Å². The van der Waals surface area contributed by atoms with Gasteiger partial charge in [0.25, 0.3) is 0 Å². The summed E-state index contributed by atoms with van der Waals surface area (Å²) in [4.78, 5) is 10.3. The fourth-order valence-electron chi connectivity index (χ4n) is 0.177. The lowest BCUT2D eigenvalue weighted by Gasteiger charge is -2.32. The van der Waals surface area contributed by atoms with Gasteiger partial charge in [0, 0.05) is 0 Å². The summed E-state index contributed by atoms with van der Waals surface area (Å²) < 4.78 is 0. The third kappa shape index (κ3) is 1.79. The molecule has 0 aliphatic heterocycles. The van der Waals surface area contributed by atoms with E-state index in [2.05, 4.69) is 0 Å². The molecule has 0 amide bonds. The first kappa shape index (κ1) is 8.63. The van der Waals surface area contributed by atoms with Gasteiger partial charge in [0.15, 0.2) is 0 Å². The molecule has 2 nitrogen and oxygen atoms in total. The molecule has 0 fully saturated rings. The molecule has 0 saturated heterocycles. The predicted octanol–water partition coefficient (Wildman–Crippen LogP) is 0.949. The van der Waals surface area contributed by atoms with Crippen LogP contribution >= 0.6 is 0 Å². The van der Waals surface area contributed by atoms with Crippen LogP contribution in [0, 0.1) is 5.41 Å². The molecule has 1 unspecified atom stereocenters. The highest BCUT2D eigenvalue weighted by molar-refractivity contribution is 5.64. The molecule has 0 rings (SSSR count). The van der Waals surface area contributed by atoms with Gasteiger partial charge in [0.05, 0.1) is 5.54 Å². The van der Waals surface area contributed by atoms with Crippen molar-refractivity contribution in [3.05, 3.63) is 0 Å². The van der Waals surface area contributed by atoms with E-state index in [0.717, 1.165) is 6.29 Å². The summed E-state index contributed by atoms with van der Waals surface area (Å²) in [5.41, 5.74) is 4.78. The van der Waals surface area contributed by atoms with Gasteiger partial charge in [-0.1, -0.05) is 20.8 Å². The largest absolute Gasteiger partial charge is 0.319 e. The maximum atomic E-state index is 10.3. The number of nitrogens with two attached hydrogens (primary N) is 1. The zero-order chi connectivity index (χ0) is 7.71. The Morgan fingerprint density at radius 3 is 1.56 bits per heavy atom. The van der Waals surface area contributed by atoms with Gasteiger partial charge in [0.1, 0.15) is 6.29 Å². The summed E-state index contributed by atoms with van der Waals surface area (Å²) in [6.45, 7) is 7.57. The van der Waals surface area contributed by atoms with E-state index < -0.39 is 5.54 Å². The smallest absolute Gasteiger partial charge is 0.140 e. The molecule has 0 aromatic heterocycles. The van der Waals surface area contributed by atoms with Crippen molar-refractivity contribution < 1.29 is 4.79 Å². The molecule has 0 bridgehead atoms. The van der Waals surface area contributed by atoms with Crippen molar-refractivity contribution in [1.82, 2.24) is 0 Å². The highest BCUT2D eigenvalue weighted by Gasteiger charge is 2.32. The zero-order valence-corrected chi connectivity index (χ0v) is 6.56. The Balaban J connectivity index is 4.32. The summed E-state index contributed by atoms with van der Waals surface area (Å²) in [5, 5.41) is 0. The number of aldehydes is 1. The minimum atomic E-state index is -0.701. The first-order valence-electron chi connectivity index (χ1n) is 3.06. The highest BCUT2D eigenvalue weighted by atomic mass is 16.1. The normalized spacial score (nSPS) is 18.8. The zero-order valence-electron chi connectivity index (χ0n) is 6.56. The van der Waals surface area contributed by atoms with Gasteiger partial charge in [-0.15, -0.1) is 0 Å². The lowest BCUT2D eigenvalue weighted by Crippen LogP contribution is -2.49. The average molecular weight is 129 g/mol. The van der Waals surface area contributed by atoms with Crippen LogP contribution < -0.4 is 5.73 Å². The minimum absolute atomic E-state index is 0.144. The van der Waals surface area contributed by atoms with Gasteiger partial charge in [-0.25, -0.2) is 0 Å². The molecule has 0 aromatic rings. The Morgan fingerprint density at radius 1 is 1.22 bits per heavy atom. The molecular weight excluding hydrogens is 114 g/mol. The van der Waals surface area contributed by atoms with Gasteiger partial charge in [0.2, 0.25) is 0 Å². The number of rotatable bonds is 1. The van der Waals surface area contributed by atoms with Crippen LogP contribution in [0.1, 0.15) is 27.7 Å². The van der Waals surface area contributed by atoms with Gasteiger partial charge in [-0.2, -0.15) is 0 Å². The van der Waals surface area contributed by atoms with Crippen molar-refractivity contribution in [2.24, 2.45) is 11.1 Å². The maximum absolute atomic E-state index is 10.3. The van der Waals surface area contributed by atoms with Crippen LogP contribution in [-0.2, 0) is 4.79 Å². The fourth-order valence-corrected chi connectivity index (χ4v) is 0.177. The number of hydrogen-bond donors (Lipinski definition) is 1. The van der Waals surface area contributed by atoms with Crippen LogP contribution in [0.2, 0.25) is 0 Å². The molecule has 9 heavy (non-hydrogen) atoms. The summed E-state index contributed by atoms with van der Waals surface area (Å²) in [5.74, 6) is 0. The van der Waals surface area contributed by atoms with E-state index in [1.165, 1.54) is 0 Å². The molecule has 0 heterocycles. The highest BCUT2D eigenvalue weighted by Crippen LogP contribution is 2.25. The third-order valence-corrected chi connectivity index (χ3v) is 1.86. The van der Waals surface area contributed by atoms with Gasteiger partial charge in [-0.3, -0.25) is 0 Å². The van der Waals surface area contributed by atoms with Crippen LogP contribution in [0.4, 0.5) is 0 Å². The van der Waals surface area contributed by atoms with E-state index in [1.54, 1.807) is 6.92 Å². The first-order valence-corrected chi connectivity index (χ1v) is 3.06. The third-order valence-electron chi connectivity index (χ3n) is 1.86. The molecule has 0 aromatic carbocycles. The minimum Gasteiger partial charge on any atom is -0.319 e. The fraction of sp³-hybridized carbons (Fsp3) is 0.857. The molecule has 0 aliphatic rings. The average Bonchev–Trinajstić information content (AvgIpc) is 1.64. The first-order chi connectivity index (χ1) is 3.81. The second-order valence-corrected chi connectivity index (χ2v) is 3.65. The van der Waals surface area contributed by atoms with Gasteiger partial charge in [-0.05, 0) is 12.3 Å². The molecular formula is C7H15NO. The Hall–Kier alpha value is -0.370. The number of hydrogen-bond acceptors (Lipinski definition) is 2. The molecule has 0 saturated carbocycles. The maximum Gasteiger partial charge on any atom is 0.140 e. The van der Waals surface area contributed by atoms with Crippen LogP contribution in [0.3, 0.4) is 0 Å². The van der Waals surface area contributed by atoms with E-state index in [-0.39, 0.29) is 5.41 Å². The molecule has 1 atom stereocenters. The second-order valence-electron chi connectivity index (χ2n) is 3.65. The predicted molar refractivity (Wildman–Crippen MR) is 38.1 cm³/mol. The quantitative estimate of drug-likeness (QED) is 0.535. The van der Waals surface area contributed by atoms with E-state index in [9.17, 15) is 4.79 Å². The molecule has 0 radical (unpaired) electrons. The molecule has 54 valence electrons. The van der Waals surface area contributed by atoms with Crippen LogP contribution in [0.15, 0.2) is 0 Å². The summed E-state index contributed by atoms with van der Waals surface area (Å²) in [6.07, 6.45) is 0.799. The lowest BCUT2D eigenvalue weighted by molar-refractivity contribution is -0.114. The summed E-state index contributed by atoms with van der Waals surface area (Å²) in [7, 11) is 0. The Morgan fingerprint density at radius 2 is 1.56 bits per heavy atom. The van der Waals surface area contributed by atoms with E-state index in [4.69, 9.17) is 5.73 Å². The van der Waals surface area contributed by atoms with Crippen molar-refractivity contribution in [2.45, 2.75) is 33.2 Å². The second kappa shape index (κ2) is 2.10.